The average molecular weight is 314 g/mol. The standard InChI is InChI=1S/C16H12F2N4O/c17-14-6-5-13(7-15(14)18)21-16(23)12-3-1-11(2-4-12)8-22-10-19-9-20-22/h1-7,9-10H,8H2,(H,21,23). The van der Waals surface area contributed by atoms with E-state index in [-0.39, 0.29) is 5.69 Å². The van der Waals surface area contributed by atoms with Crippen molar-refractivity contribution in [1.29, 1.82) is 0 Å². The molecule has 1 heterocycles. The molecule has 5 nitrogen and oxygen atoms in total. The van der Waals surface area contributed by atoms with E-state index < -0.39 is 17.5 Å². The van der Waals surface area contributed by atoms with Gasteiger partial charge in [0.05, 0.1) is 6.54 Å². The van der Waals surface area contributed by atoms with Gasteiger partial charge in [-0.1, -0.05) is 12.1 Å². The van der Waals surface area contributed by atoms with E-state index in [4.69, 9.17) is 0 Å². The van der Waals surface area contributed by atoms with E-state index in [0.717, 1.165) is 17.7 Å². The molecule has 0 fully saturated rings. The number of aromatic nitrogens is 3. The number of nitrogens with one attached hydrogen (secondary N) is 1. The Morgan fingerprint density at radius 1 is 1.09 bits per heavy atom. The zero-order chi connectivity index (χ0) is 16.2. The summed E-state index contributed by atoms with van der Waals surface area (Å²) in [6.45, 7) is 0.547. The van der Waals surface area contributed by atoms with Gasteiger partial charge in [0.25, 0.3) is 5.91 Å². The average Bonchev–Trinajstić information content (AvgIpc) is 3.04. The summed E-state index contributed by atoms with van der Waals surface area (Å²) in [5, 5.41) is 6.52. The van der Waals surface area contributed by atoms with Gasteiger partial charge in [-0.05, 0) is 29.8 Å². The Balaban J connectivity index is 1.68. The molecular formula is C16H12F2N4O. The maximum Gasteiger partial charge on any atom is 0.255 e. The maximum atomic E-state index is 13.1. The van der Waals surface area contributed by atoms with Gasteiger partial charge in [0.15, 0.2) is 11.6 Å². The predicted molar refractivity (Wildman–Crippen MR) is 79.9 cm³/mol. The Hall–Kier alpha value is -3.09. The van der Waals surface area contributed by atoms with Crippen molar-refractivity contribution in [3.63, 3.8) is 0 Å². The normalized spacial score (nSPS) is 10.5. The minimum Gasteiger partial charge on any atom is -0.322 e. The highest BCUT2D eigenvalue weighted by molar-refractivity contribution is 6.04. The third-order valence-electron chi connectivity index (χ3n) is 3.20. The number of hydrogen-bond acceptors (Lipinski definition) is 3. The largest absolute Gasteiger partial charge is 0.322 e. The fraction of sp³-hybridized carbons (Fsp3) is 0.0625. The van der Waals surface area contributed by atoms with E-state index in [1.54, 1.807) is 35.3 Å². The van der Waals surface area contributed by atoms with Crippen LogP contribution in [0.5, 0.6) is 0 Å². The van der Waals surface area contributed by atoms with E-state index in [1.807, 2.05) is 0 Å². The van der Waals surface area contributed by atoms with Crippen molar-refractivity contribution in [2.24, 2.45) is 0 Å². The Morgan fingerprint density at radius 2 is 1.87 bits per heavy atom. The van der Waals surface area contributed by atoms with Crippen molar-refractivity contribution in [3.05, 3.63) is 77.9 Å². The molecule has 0 aliphatic heterocycles. The third kappa shape index (κ3) is 3.57. The molecule has 0 unspecified atom stereocenters. The molecule has 3 aromatic rings. The highest BCUT2D eigenvalue weighted by atomic mass is 19.2. The van der Waals surface area contributed by atoms with Crippen LogP contribution in [-0.2, 0) is 6.54 Å². The van der Waals surface area contributed by atoms with E-state index >= 15 is 0 Å². The van der Waals surface area contributed by atoms with E-state index in [0.29, 0.717) is 12.1 Å². The summed E-state index contributed by atoms with van der Waals surface area (Å²) in [6, 6.07) is 10.1. The van der Waals surface area contributed by atoms with Crippen molar-refractivity contribution >= 4 is 11.6 Å². The van der Waals surface area contributed by atoms with Gasteiger partial charge < -0.3 is 5.32 Å². The molecule has 7 heteroatoms. The number of hydrogen-bond donors (Lipinski definition) is 1. The summed E-state index contributed by atoms with van der Waals surface area (Å²) in [7, 11) is 0. The van der Waals surface area contributed by atoms with Gasteiger partial charge in [0.1, 0.15) is 12.7 Å². The minimum atomic E-state index is -1.01. The number of benzene rings is 2. The first-order valence-corrected chi connectivity index (χ1v) is 6.79. The molecule has 0 saturated carbocycles. The smallest absolute Gasteiger partial charge is 0.255 e. The van der Waals surface area contributed by atoms with Crippen LogP contribution in [0.3, 0.4) is 0 Å². The highest BCUT2D eigenvalue weighted by Gasteiger charge is 2.08. The van der Waals surface area contributed by atoms with Crippen molar-refractivity contribution in [3.8, 4) is 0 Å². The van der Waals surface area contributed by atoms with Gasteiger partial charge in [0.2, 0.25) is 0 Å². The first kappa shape index (κ1) is 14.8. The van der Waals surface area contributed by atoms with Gasteiger partial charge in [-0.3, -0.25) is 4.79 Å². The molecule has 1 amide bonds. The lowest BCUT2D eigenvalue weighted by molar-refractivity contribution is 0.102. The van der Waals surface area contributed by atoms with Crippen molar-refractivity contribution in [2.75, 3.05) is 5.32 Å². The molecule has 2 aromatic carbocycles. The number of nitrogens with zero attached hydrogens (tertiary/aromatic N) is 3. The number of carbonyl (C=O) groups excluding carboxylic acids is 1. The summed E-state index contributed by atoms with van der Waals surface area (Å²) in [4.78, 5) is 15.9. The fourth-order valence-corrected chi connectivity index (χ4v) is 2.04. The molecule has 0 radical (unpaired) electrons. The number of anilines is 1. The van der Waals surface area contributed by atoms with Crippen LogP contribution in [0.2, 0.25) is 0 Å². The summed E-state index contributed by atoms with van der Waals surface area (Å²) < 4.78 is 27.6. The third-order valence-corrected chi connectivity index (χ3v) is 3.20. The Bertz CT molecular complexity index is 817. The van der Waals surface area contributed by atoms with Gasteiger partial charge in [-0.15, -0.1) is 0 Å². The van der Waals surface area contributed by atoms with Crippen LogP contribution in [-0.4, -0.2) is 20.7 Å². The molecule has 1 N–H and O–H groups in total. The van der Waals surface area contributed by atoms with Crippen molar-refractivity contribution in [1.82, 2.24) is 14.8 Å². The first-order valence-electron chi connectivity index (χ1n) is 6.79. The van der Waals surface area contributed by atoms with E-state index in [9.17, 15) is 13.6 Å². The van der Waals surface area contributed by atoms with Crippen molar-refractivity contribution in [2.45, 2.75) is 6.54 Å². The molecule has 0 saturated heterocycles. The Labute approximate surface area is 130 Å². The van der Waals surface area contributed by atoms with Gasteiger partial charge >= 0.3 is 0 Å². The molecular weight excluding hydrogens is 302 g/mol. The Kier molecular flexibility index (Phi) is 4.09. The van der Waals surface area contributed by atoms with Crippen LogP contribution in [0.25, 0.3) is 0 Å². The molecule has 116 valence electrons. The lowest BCUT2D eigenvalue weighted by atomic mass is 10.1. The lowest BCUT2D eigenvalue weighted by Gasteiger charge is -2.07. The zero-order valence-electron chi connectivity index (χ0n) is 11.9. The number of carbonyl (C=O) groups is 1. The van der Waals surface area contributed by atoms with Crippen LogP contribution < -0.4 is 5.32 Å². The molecule has 0 aliphatic rings. The number of amides is 1. The molecule has 23 heavy (non-hydrogen) atoms. The van der Waals surface area contributed by atoms with Crippen LogP contribution in [0.4, 0.5) is 14.5 Å². The maximum absolute atomic E-state index is 13.1. The molecule has 3 rings (SSSR count). The minimum absolute atomic E-state index is 0.195. The summed E-state index contributed by atoms with van der Waals surface area (Å²) in [5.74, 6) is -2.37. The first-order chi connectivity index (χ1) is 11.1. The van der Waals surface area contributed by atoms with Crippen LogP contribution in [0.1, 0.15) is 15.9 Å². The fourth-order valence-electron chi connectivity index (χ4n) is 2.04. The quantitative estimate of drug-likeness (QED) is 0.805. The number of halogens is 2. The molecule has 0 aliphatic carbocycles. The predicted octanol–water partition coefficient (Wildman–Crippen LogP) is 2.86. The topological polar surface area (TPSA) is 59.8 Å². The van der Waals surface area contributed by atoms with E-state index in [1.165, 1.54) is 12.4 Å². The van der Waals surface area contributed by atoms with Crippen LogP contribution >= 0.6 is 0 Å². The van der Waals surface area contributed by atoms with Crippen molar-refractivity contribution < 1.29 is 13.6 Å². The van der Waals surface area contributed by atoms with Crippen LogP contribution in [0, 0.1) is 11.6 Å². The van der Waals surface area contributed by atoms with Gasteiger partial charge in [0, 0.05) is 17.3 Å². The highest BCUT2D eigenvalue weighted by Crippen LogP contribution is 2.15. The van der Waals surface area contributed by atoms with Crippen LogP contribution in [0.15, 0.2) is 55.1 Å². The number of rotatable bonds is 4. The van der Waals surface area contributed by atoms with Gasteiger partial charge in [-0.25, -0.2) is 18.4 Å². The lowest BCUT2D eigenvalue weighted by Crippen LogP contribution is -2.12. The molecule has 0 atom stereocenters. The second kappa shape index (κ2) is 6.35. The van der Waals surface area contributed by atoms with E-state index in [2.05, 4.69) is 15.4 Å². The van der Waals surface area contributed by atoms with Gasteiger partial charge in [-0.2, -0.15) is 5.10 Å². The molecule has 0 bridgehead atoms. The monoisotopic (exact) mass is 314 g/mol. The second-order valence-corrected chi connectivity index (χ2v) is 4.87. The summed E-state index contributed by atoms with van der Waals surface area (Å²) in [5.41, 5.74) is 1.57. The Morgan fingerprint density at radius 3 is 2.52 bits per heavy atom. The summed E-state index contributed by atoms with van der Waals surface area (Å²) in [6.07, 6.45) is 3.05. The zero-order valence-corrected chi connectivity index (χ0v) is 11.9. The molecule has 0 spiro atoms. The molecule has 1 aromatic heterocycles. The SMILES string of the molecule is O=C(Nc1ccc(F)c(F)c1)c1ccc(Cn2cncn2)cc1. The second-order valence-electron chi connectivity index (χ2n) is 4.87. The summed E-state index contributed by atoms with van der Waals surface area (Å²) >= 11 is 0.